The number of hydrogen-bond donors (Lipinski definition) is 1. The molecule has 0 aromatic heterocycles. The molecule has 1 aromatic carbocycles. The Hall–Kier alpha value is -1.76. The molecule has 1 aliphatic heterocycles. The molecule has 7 heteroatoms. The average Bonchev–Trinajstić information content (AvgIpc) is 2.70. The van der Waals surface area contributed by atoms with Gasteiger partial charge in [0.2, 0.25) is 0 Å². The van der Waals surface area contributed by atoms with Crippen molar-refractivity contribution in [3.63, 3.8) is 0 Å². The Morgan fingerprint density at radius 1 is 1.42 bits per heavy atom. The highest BCUT2D eigenvalue weighted by Gasteiger charge is 2.32. The molecule has 1 amide bonds. The molecule has 1 heterocycles. The lowest BCUT2D eigenvalue weighted by Crippen LogP contribution is -2.27. The molecule has 4 nitrogen and oxygen atoms in total. The maximum atomic E-state index is 12.6. The zero-order valence-corrected chi connectivity index (χ0v) is 9.98. The van der Waals surface area contributed by atoms with E-state index >= 15 is 0 Å². The lowest BCUT2D eigenvalue weighted by molar-refractivity contribution is -0.137. The lowest BCUT2D eigenvalue weighted by Gasteiger charge is -2.14. The average molecular weight is 274 g/mol. The summed E-state index contributed by atoms with van der Waals surface area (Å²) < 4.78 is 42.6. The number of ether oxygens (including phenoxy) is 1. The number of amides is 1. The minimum atomic E-state index is -4.39. The zero-order chi connectivity index (χ0) is 14.0. The van der Waals surface area contributed by atoms with Gasteiger partial charge in [0.15, 0.2) is 0 Å². The minimum Gasteiger partial charge on any atom is -0.443 e. The van der Waals surface area contributed by atoms with Crippen molar-refractivity contribution in [2.45, 2.75) is 18.8 Å². The van der Waals surface area contributed by atoms with E-state index in [1.54, 1.807) is 0 Å². The van der Waals surface area contributed by atoms with Crippen LogP contribution in [0.1, 0.15) is 11.1 Å². The Labute approximate surface area is 107 Å². The van der Waals surface area contributed by atoms with E-state index in [0.717, 1.165) is 12.1 Å². The van der Waals surface area contributed by atoms with Gasteiger partial charge in [-0.05, 0) is 17.7 Å². The fourth-order valence-corrected chi connectivity index (χ4v) is 1.89. The summed E-state index contributed by atoms with van der Waals surface area (Å²) in [6.45, 7) is 0.579. The maximum Gasteiger partial charge on any atom is 0.416 e. The lowest BCUT2D eigenvalue weighted by atomic mass is 10.1. The van der Waals surface area contributed by atoms with Gasteiger partial charge in [-0.25, -0.2) is 4.79 Å². The topological polar surface area (TPSA) is 55.6 Å². The van der Waals surface area contributed by atoms with Gasteiger partial charge in [0.05, 0.1) is 12.1 Å². The van der Waals surface area contributed by atoms with Crippen LogP contribution in [0.2, 0.25) is 0 Å². The Bertz CT molecular complexity index is 476. The van der Waals surface area contributed by atoms with E-state index in [9.17, 15) is 18.0 Å². The first-order valence-electron chi connectivity index (χ1n) is 5.72. The first-order valence-corrected chi connectivity index (χ1v) is 5.72. The van der Waals surface area contributed by atoms with Gasteiger partial charge in [0.25, 0.3) is 0 Å². The smallest absolute Gasteiger partial charge is 0.416 e. The zero-order valence-electron chi connectivity index (χ0n) is 9.98. The van der Waals surface area contributed by atoms with Gasteiger partial charge in [-0.2, -0.15) is 13.2 Å². The van der Waals surface area contributed by atoms with Crippen LogP contribution in [0.5, 0.6) is 0 Å². The third kappa shape index (κ3) is 3.17. The number of halogens is 3. The molecular formula is C12H13F3N2O2. The number of cyclic esters (lactones) is 1. The molecule has 0 saturated carbocycles. The molecule has 1 fully saturated rings. The molecule has 1 aromatic rings. The number of benzene rings is 1. The third-order valence-corrected chi connectivity index (χ3v) is 2.84. The predicted octanol–water partition coefficient (Wildman–Crippen LogP) is 1.98. The molecular weight excluding hydrogens is 261 g/mol. The largest absolute Gasteiger partial charge is 0.443 e. The van der Waals surface area contributed by atoms with Gasteiger partial charge in [0.1, 0.15) is 6.10 Å². The predicted molar refractivity (Wildman–Crippen MR) is 61.2 cm³/mol. The molecule has 0 bridgehead atoms. The first kappa shape index (κ1) is 13.7. The Morgan fingerprint density at radius 3 is 2.74 bits per heavy atom. The van der Waals surface area contributed by atoms with Gasteiger partial charge in [-0.3, -0.25) is 0 Å². The van der Waals surface area contributed by atoms with E-state index in [-0.39, 0.29) is 13.1 Å². The number of alkyl halides is 3. The van der Waals surface area contributed by atoms with Crippen LogP contribution in [0, 0.1) is 0 Å². The van der Waals surface area contributed by atoms with Gasteiger partial charge in [-0.15, -0.1) is 0 Å². The standard InChI is InChI=1S/C12H13F3N2O2/c13-12(14,15)9-3-1-2-8(4-9)6-17-7-10(5-16)19-11(17)18/h1-4,10H,5-7,16H2. The molecule has 0 aliphatic carbocycles. The summed E-state index contributed by atoms with van der Waals surface area (Å²) in [6, 6.07) is 4.88. The Morgan fingerprint density at radius 2 is 2.16 bits per heavy atom. The van der Waals surface area contributed by atoms with Gasteiger partial charge >= 0.3 is 12.3 Å². The molecule has 104 valence electrons. The van der Waals surface area contributed by atoms with E-state index in [1.165, 1.54) is 17.0 Å². The highest BCUT2D eigenvalue weighted by Crippen LogP contribution is 2.30. The van der Waals surface area contributed by atoms with Crippen molar-refractivity contribution < 1.29 is 22.7 Å². The van der Waals surface area contributed by atoms with Crippen LogP contribution in [0.3, 0.4) is 0 Å². The molecule has 1 atom stereocenters. The number of nitrogens with zero attached hydrogens (tertiary/aromatic N) is 1. The number of carbonyl (C=O) groups is 1. The maximum absolute atomic E-state index is 12.6. The van der Waals surface area contributed by atoms with Crippen LogP contribution in [-0.4, -0.2) is 30.2 Å². The van der Waals surface area contributed by atoms with Gasteiger partial charge in [-0.1, -0.05) is 12.1 Å². The summed E-state index contributed by atoms with van der Waals surface area (Å²) >= 11 is 0. The van der Waals surface area contributed by atoms with Crippen molar-refractivity contribution >= 4 is 6.09 Å². The van der Waals surface area contributed by atoms with Crippen LogP contribution in [0.15, 0.2) is 24.3 Å². The monoisotopic (exact) mass is 274 g/mol. The number of carbonyl (C=O) groups excluding carboxylic acids is 1. The SMILES string of the molecule is NCC1CN(Cc2cccc(C(F)(F)F)c2)C(=O)O1. The molecule has 19 heavy (non-hydrogen) atoms. The third-order valence-electron chi connectivity index (χ3n) is 2.84. The summed E-state index contributed by atoms with van der Waals surface area (Å²) in [6.07, 6.45) is -5.33. The van der Waals surface area contributed by atoms with Crippen molar-refractivity contribution in [3.8, 4) is 0 Å². The quantitative estimate of drug-likeness (QED) is 0.917. The van der Waals surface area contributed by atoms with Gasteiger partial charge < -0.3 is 15.4 Å². The second kappa shape index (κ2) is 5.08. The van der Waals surface area contributed by atoms with Crippen molar-refractivity contribution in [2.24, 2.45) is 5.73 Å². The fourth-order valence-electron chi connectivity index (χ4n) is 1.89. The number of nitrogens with two attached hydrogens (primary N) is 1. The first-order chi connectivity index (χ1) is 8.90. The molecule has 2 rings (SSSR count). The molecule has 0 spiro atoms. The van der Waals surface area contributed by atoms with Crippen LogP contribution >= 0.6 is 0 Å². The van der Waals surface area contributed by atoms with Crippen LogP contribution in [0.25, 0.3) is 0 Å². The Balaban J connectivity index is 2.10. The summed E-state index contributed by atoms with van der Waals surface area (Å²) in [5, 5.41) is 0. The highest BCUT2D eigenvalue weighted by molar-refractivity contribution is 5.70. The second-order valence-corrected chi connectivity index (χ2v) is 4.32. The summed E-state index contributed by atoms with van der Waals surface area (Å²) in [7, 11) is 0. The van der Waals surface area contributed by atoms with Crippen molar-refractivity contribution in [2.75, 3.05) is 13.1 Å². The van der Waals surface area contributed by atoms with E-state index in [0.29, 0.717) is 12.1 Å². The van der Waals surface area contributed by atoms with E-state index in [2.05, 4.69) is 0 Å². The van der Waals surface area contributed by atoms with Gasteiger partial charge in [0, 0.05) is 13.1 Å². The fraction of sp³-hybridized carbons (Fsp3) is 0.417. The molecule has 2 N–H and O–H groups in total. The summed E-state index contributed by atoms with van der Waals surface area (Å²) in [4.78, 5) is 12.8. The van der Waals surface area contributed by atoms with E-state index in [1.807, 2.05) is 0 Å². The van der Waals surface area contributed by atoms with Crippen molar-refractivity contribution in [1.29, 1.82) is 0 Å². The van der Waals surface area contributed by atoms with Crippen molar-refractivity contribution in [3.05, 3.63) is 35.4 Å². The second-order valence-electron chi connectivity index (χ2n) is 4.32. The molecule has 0 radical (unpaired) electrons. The molecule has 1 aliphatic rings. The minimum absolute atomic E-state index is 0.0826. The normalized spacial score (nSPS) is 19.7. The molecule has 1 unspecified atom stereocenters. The van der Waals surface area contributed by atoms with E-state index in [4.69, 9.17) is 10.5 Å². The van der Waals surface area contributed by atoms with Crippen LogP contribution < -0.4 is 5.73 Å². The number of rotatable bonds is 3. The highest BCUT2D eigenvalue weighted by atomic mass is 19.4. The summed E-state index contributed by atoms with van der Waals surface area (Å²) in [5.74, 6) is 0. The summed E-state index contributed by atoms with van der Waals surface area (Å²) in [5.41, 5.74) is 5.06. The van der Waals surface area contributed by atoms with Crippen molar-refractivity contribution in [1.82, 2.24) is 4.90 Å². The van der Waals surface area contributed by atoms with E-state index < -0.39 is 23.9 Å². The molecule has 1 saturated heterocycles. The van der Waals surface area contributed by atoms with Crippen LogP contribution in [-0.2, 0) is 17.5 Å². The number of hydrogen-bond acceptors (Lipinski definition) is 3. The Kier molecular flexibility index (Phi) is 3.66. The van der Waals surface area contributed by atoms with Crippen LogP contribution in [0.4, 0.5) is 18.0 Å².